The smallest absolute Gasteiger partial charge is 0.234 e. The van der Waals surface area contributed by atoms with Crippen LogP contribution >= 0.6 is 0 Å². The molecule has 0 aliphatic heterocycles. The van der Waals surface area contributed by atoms with E-state index < -0.39 is 23.6 Å². The van der Waals surface area contributed by atoms with Gasteiger partial charge in [0.25, 0.3) is 0 Å². The molecule has 82 valence electrons. The van der Waals surface area contributed by atoms with Gasteiger partial charge in [-0.25, -0.2) is 8.78 Å². The van der Waals surface area contributed by atoms with Gasteiger partial charge in [-0.2, -0.15) is 0 Å². The molecule has 0 aliphatic rings. The fourth-order valence-corrected chi connectivity index (χ4v) is 1.22. The average molecular weight is 214 g/mol. The second-order valence-corrected chi connectivity index (χ2v) is 3.16. The maximum Gasteiger partial charge on any atom is 0.234 e. The van der Waals surface area contributed by atoms with E-state index >= 15 is 0 Å². The van der Waals surface area contributed by atoms with Crippen LogP contribution in [0.5, 0.6) is 0 Å². The molecule has 1 aromatic carbocycles. The number of amides is 1. The molecule has 0 bridgehead atoms. The standard InChI is InChI=1S/C10H12F2N2O/c1-6(14-10(15)5-13)8-4-7(11)2-3-9(8)12/h2-4,6H,5,13H2,1H3,(H,14,15). The molecule has 0 heterocycles. The van der Waals surface area contributed by atoms with Gasteiger partial charge < -0.3 is 11.1 Å². The van der Waals surface area contributed by atoms with E-state index in [-0.39, 0.29) is 12.1 Å². The van der Waals surface area contributed by atoms with E-state index in [2.05, 4.69) is 5.32 Å². The molecule has 0 aromatic heterocycles. The molecule has 0 fully saturated rings. The van der Waals surface area contributed by atoms with Crippen molar-refractivity contribution < 1.29 is 13.6 Å². The summed E-state index contributed by atoms with van der Waals surface area (Å²) in [6.45, 7) is 1.38. The molecule has 5 heteroatoms. The van der Waals surface area contributed by atoms with E-state index in [0.717, 1.165) is 18.2 Å². The second-order valence-electron chi connectivity index (χ2n) is 3.16. The summed E-state index contributed by atoms with van der Waals surface area (Å²) in [5, 5.41) is 2.44. The van der Waals surface area contributed by atoms with Gasteiger partial charge >= 0.3 is 0 Å². The first-order valence-corrected chi connectivity index (χ1v) is 4.49. The summed E-state index contributed by atoms with van der Waals surface area (Å²) >= 11 is 0. The van der Waals surface area contributed by atoms with Crippen LogP contribution in [0.4, 0.5) is 8.78 Å². The zero-order chi connectivity index (χ0) is 11.4. The molecule has 3 N–H and O–H groups in total. The van der Waals surface area contributed by atoms with Gasteiger partial charge in [0.15, 0.2) is 0 Å². The van der Waals surface area contributed by atoms with Crippen LogP contribution in [0.25, 0.3) is 0 Å². The molecule has 1 rings (SSSR count). The molecule has 15 heavy (non-hydrogen) atoms. The molecule has 0 spiro atoms. The summed E-state index contributed by atoms with van der Waals surface area (Å²) in [5.74, 6) is -1.51. The minimum absolute atomic E-state index is 0.108. The number of nitrogens with two attached hydrogens (primary N) is 1. The van der Waals surface area contributed by atoms with Crippen molar-refractivity contribution in [3.63, 3.8) is 0 Å². The lowest BCUT2D eigenvalue weighted by Crippen LogP contribution is -2.32. The van der Waals surface area contributed by atoms with E-state index in [1.54, 1.807) is 6.92 Å². The Morgan fingerprint density at radius 3 is 2.80 bits per heavy atom. The zero-order valence-electron chi connectivity index (χ0n) is 8.26. The molecular weight excluding hydrogens is 202 g/mol. The highest BCUT2D eigenvalue weighted by atomic mass is 19.1. The second kappa shape index (κ2) is 4.84. The number of benzene rings is 1. The van der Waals surface area contributed by atoms with Crippen molar-refractivity contribution >= 4 is 5.91 Å². The summed E-state index contributed by atoms with van der Waals surface area (Å²) in [6, 6.07) is 2.50. The van der Waals surface area contributed by atoms with E-state index in [1.807, 2.05) is 0 Å². The van der Waals surface area contributed by atoms with Gasteiger partial charge in [-0.3, -0.25) is 4.79 Å². The number of nitrogens with one attached hydrogen (secondary N) is 1. The third kappa shape index (κ3) is 2.99. The van der Waals surface area contributed by atoms with E-state index in [4.69, 9.17) is 5.73 Å². The number of hydrogen-bond donors (Lipinski definition) is 2. The Balaban J connectivity index is 2.85. The largest absolute Gasteiger partial charge is 0.348 e. The molecule has 0 aliphatic carbocycles. The molecule has 1 amide bonds. The molecule has 1 aromatic rings. The van der Waals surface area contributed by atoms with Crippen LogP contribution in [-0.2, 0) is 4.79 Å². The van der Waals surface area contributed by atoms with E-state index in [0.29, 0.717) is 0 Å². The maximum absolute atomic E-state index is 13.2. The first kappa shape index (κ1) is 11.6. The molecule has 3 nitrogen and oxygen atoms in total. The highest BCUT2D eigenvalue weighted by molar-refractivity contribution is 5.78. The van der Waals surface area contributed by atoms with Crippen molar-refractivity contribution in [1.82, 2.24) is 5.32 Å². The Labute approximate surface area is 86.3 Å². The van der Waals surface area contributed by atoms with Gasteiger partial charge in [-0.15, -0.1) is 0 Å². The molecule has 0 radical (unpaired) electrons. The van der Waals surface area contributed by atoms with Crippen LogP contribution < -0.4 is 11.1 Å². The molecule has 1 unspecified atom stereocenters. The van der Waals surface area contributed by atoms with Crippen molar-refractivity contribution in [2.24, 2.45) is 5.73 Å². The summed E-state index contributed by atoms with van der Waals surface area (Å²) in [5.41, 5.74) is 5.19. The number of carbonyl (C=O) groups is 1. The summed E-state index contributed by atoms with van der Waals surface area (Å²) in [6.07, 6.45) is 0. The summed E-state index contributed by atoms with van der Waals surface area (Å²) < 4.78 is 26.0. The lowest BCUT2D eigenvalue weighted by atomic mass is 10.1. The fourth-order valence-electron chi connectivity index (χ4n) is 1.22. The van der Waals surface area contributed by atoms with Crippen molar-refractivity contribution in [2.75, 3.05) is 6.54 Å². The third-order valence-corrected chi connectivity index (χ3v) is 1.99. The SMILES string of the molecule is CC(NC(=O)CN)c1cc(F)ccc1F. The monoisotopic (exact) mass is 214 g/mol. The molecular formula is C10H12F2N2O. The van der Waals surface area contributed by atoms with Crippen molar-refractivity contribution in [2.45, 2.75) is 13.0 Å². The molecule has 0 saturated carbocycles. The molecule has 1 atom stereocenters. The van der Waals surface area contributed by atoms with Crippen molar-refractivity contribution in [1.29, 1.82) is 0 Å². The van der Waals surface area contributed by atoms with E-state index in [9.17, 15) is 13.6 Å². The predicted octanol–water partition coefficient (Wildman–Crippen LogP) is 1.10. The summed E-state index contributed by atoms with van der Waals surface area (Å²) in [7, 11) is 0. The Bertz CT molecular complexity index is 368. The molecule has 0 saturated heterocycles. The third-order valence-electron chi connectivity index (χ3n) is 1.99. The highest BCUT2D eigenvalue weighted by Crippen LogP contribution is 2.17. The minimum Gasteiger partial charge on any atom is -0.348 e. The minimum atomic E-state index is -0.600. The van der Waals surface area contributed by atoms with Crippen LogP contribution in [0.15, 0.2) is 18.2 Å². The van der Waals surface area contributed by atoms with Crippen LogP contribution in [0.3, 0.4) is 0 Å². The van der Waals surface area contributed by atoms with Gasteiger partial charge in [0.2, 0.25) is 5.91 Å². The van der Waals surface area contributed by atoms with Crippen molar-refractivity contribution in [3.8, 4) is 0 Å². The lowest BCUT2D eigenvalue weighted by Gasteiger charge is -2.14. The zero-order valence-corrected chi connectivity index (χ0v) is 8.26. The fraction of sp³-hybridized carbons (Fsp3) is 0.300. The first-order valence-electron chi connectivity index (χ1n) is 4.49. The summed E-state index contributed by atoms with van der Waals surface area (Å²) in [4.78, 5) is 10.9. The number of halogens is 2. The average Bonchev–Trinajstić information content (AvgIpc) is 2.21. The Kier molecular flexibility index (Phi) is 3.74. The highest BCUT2D eigenvalue weighted by Gasteiger charge is 2.13. The van der Waals surface area contributed by atoms with Crippen LogP contribution in [0.1, 0.15) is 18.5 Å². The van der Waals surface area contributed by atoms with Crippen LogP contribution in [0, 0.1) is 11.6 Å². The van der Waals surface area contributed by atoms with Gasteiger partial charge in [0.05, 0.1) is 12.6 Å². The van der Waals surface area contributed by atoms with Crippen LogP contribution in [-0.4, -0.2) is 12.5 Å². The number of carbonyl (C=O) groups excluding carboxylic acids is 1. The number of hydrogen-bond acceptors (Lipinski definition) is 2. The lowest BCUT2D eigenvalue weighted by molar-refractivity contribution is -0.120. The van der Waals surface area contributed by atoms with Gasteiger partial charge in [0.1, 0.15) is 11.6 Å². The Morgan fingerprint density at radius 1 is 1.53 bits per heavy atom. The van der Waals surface area contributed by atoms with Gasteiger partial charge in [-0.1, -0.05) is 0 Å². The van der Waals surface area contributed by atoms with Gasteiger partial charge in [-0.05, 0) is 25.1 Å². The maximum atomic E-state index is 13.2. The topological polar surface area (TPSA) is 55.1 Å². The number of rotatable bonds is 3. The quantitative estimate of drug-likeness (QED) is 0.791. The van der Waals surface area contributed by atoms with E-state index in [1.165, 1.54) is 0 Å². The first-order chi connectivity index (χ1) is 7.04. The predicted molar refractivity (Wildman–Crippen MR) is 52.0 cm³/mol. The van der Waals surface area contributed by atoms with Crippen LogP contribution in [0.2, 0.25) is 0 Å². The van der Waals surface area contributed by atoms with Gasteiger partial charge in [0, 0.05) is 5.56 Å². The normalized spacial score (nSPS) is 12.3. The Hall–Kier alpha value is -1.49. The Morgan fingerprint density at radius 2 is 2.20 bits per heavy atom. The van der Waals surface area contributed by atoms with Crippen molar-refractivity contribution in [3.05, 3.63) is 35.4 Å².